The van der Waals surface area contributed by atoms with E-state index in [2.05, 4.69) is 10.1 Å². The molecule has 1 amide bonds. The standard InChI is InChI=1S/C16H15NO6/c1-23-16(22)10-7-12(18)14(20)13(19)11(10)8-17-15(21)9-5-3-2-4-6-9/h2-7,18-20H,8H2,1H3,(H,17,21). The van der Waals surface area contributed by atoms with Crippen LogP contribution in [0, 0.1) is 0 Å². The Balaban J connectivity index is 2.30. The highest BCUT2D eigenvalue weighted by molar-refractivity contribution is 5.95. The average molecular weight is 317 g/mol. The van der Waals surface area contributed by atoms with E-state index in [1.807, 2.05) is 0 Å². The normalized spacial score (nSPS) is 10.1. The van der Waals surface area contributed by atoms with Crippen molar-refractivity contribution in [2.24, 2.45) is 0 Å². The van der Waals surface area contributed by atoms with Crippen molar-refractivity contribution in [2.45, 2.75) is 6.54 Å². The molecule has 0 aromatic heterocycles. The van der Waals surface area contributed by atoms with E-state index in [1.165, 1.54) is 0 Å². The van der Waals surface area contributed by atoms with Crippen molar-refractivity contribution >= 4 is 11.9 Å². The first kappa shape index (κ1) is 16.2. The monoisotopic (exact) mass is 317 g/mol. The Morgan fingerprint density at radius 3 is 2.35 bits per heavy atom. The predicted octanol–water partition coefficient (Wildman–Crippen LogP) is 1.52. The highest BCUT2D eigenvalue weighted by Gasteiger charge is 2.22. The van der Waals surface area contributed by atoms with Gasteiger partial charge in [0.1, 0.15) is 0 Å². The first-order valence-corrected chi connectivity index (χ1v) is 6.64. The van der Waals surface area contributed by atoms with E-state index in [-0.39, 0.29) is 17.7 Å². The zero-order chi connectivity index (χ0) is 17.0. The van der Waals surface area contributed by atoms with Crippen LogP contribution >= 0.6 is 0 Å². The van der Waals surface area contributed by atoms with Crippen molar-refractivity contribution in [2.75, 3.05) is 7.11 Å². The summed E-state index contributed by atoms with van der Waals surface area (Å²) < 4.78 is 4.56. The Morgan fingerprint density at radius 1 is 1.09 bits per heavy atom. The highest BCUT2D eigenvalue weighted by atomic mass is 16.5. The van der Waals surface area contributed by atoms with Crippen LogP contribution in [0.15, 0.2) is 36.4 Å². The van der Waals surface area contributed by atoms with Gasteiger partial charge in [0, 0.05) is 17.7 Å². The number of rotatable bonds is 4. The van der Waals surface area contributed by atoms with Crippen molar-refractivity contribution in [3.05, 3.63) is 53.1 Å². The molecule has 2 rings (SSSR count). The summed E-state index contributed by atoms with van der Waals surface area (Å²) in [4.78, 5) is 23.7. The molecule has 4 N–H and O–H groups in total. The lowest BCUT2D eigenvalue weighted by molar-refractivity contribution is 0.0597. The second-order valence-electron chi connectivity index (χ2n) is 4.66. The number of hydrogen-bond acceptors (Lipinski definition) is 6. The zero-order valence-electron chi connectivity index (χ0n) is 12.2. The molecule has 0 atom stereocenters. The maximum Gasteiger partial charge on any atom is 0.338 e. The molecule has 0 saturated heterocycles. The summed E-state index contributed by atoms with van der Waals surface area (Å²) in [5.41, 5.74) is 0.180. The molecule has 0 aliphatic rings. The van der Waals surface area contributed by atoms with Gasteiger partial charge in [0.2, 0.25) is 5.75 Å². The summed E-state index contributed by atoms with van der Waals surface area (Å²) in [7, 11) is 1.13. The summed E-state index contributed by atoms with van der Waals surface area (Å²) in [5, 5.41) is 31.5. The van der Waals surface area contributed by atoms with Gasteiger partial charge in [-0.25, -0.2) is 4.79 Å². The van der Waals surface area contributed by atoms with Crippen molar-refractivity contribution in [1.82, 2.24) is 5.32 Å². The molecular formula is C16H15NO6. The fraction of sp³-hybridized carbons (Fsp3) is 0.125. The third-order valence-corrected chi connectivity index (χ3v) is 3.23. The zero-order valence-corrected chi connectivity index (χ0v) is 12.2. The number of aromatic hydroxyl groups is 3. The number of phenols is 3. The van der Waals surface area contributed by atoms with Gasteiger partial charge in [0.25, 0.3) is 5.91 Å². The van der Waals surface area contributed by atoms with Crippen LogP contribution in [0.5, 0.6) is 17.2 Å². The third-order valence-electron chi connectivity index (χ3n) is 3.23. The number of esters is 1. The van der Waals surface area contributed by atoms with E-state index >= 15 is 0 Å². The fourth-order valence-corrected chi connectivity index (χ4v) is 2.02. The SMILES string of the molecule is COC(=O)c1cc(O)c(O)c(O)c1CNC(=O)c1ccccc1. The molecule has 7 nitrogen and oxygen atoms in total. The van der Waals surface area contributed by atoms with Gasteiger partial charge in [0.15, 0.2) is 11.5 Å². The molecule has 2 aromatic rings. The van der Waals surface area contributed by atoms with Crippen LogP contribution in [0.3, 0.4) is 0 Å². The van der Waals surface area contributed by atoms with E-state index < -0.39 is 29.1 Å². The van der Waals surface area contributed by atoms with Gasteiger partial charge in [-0.2, -0.15) is 0 Å². The van der Waals surface area contributed by atoms with Gasteiger partial charge >= 0.3 is 5.97 Å². The lowest BCUT2D eigenvalue weighted by Crippen LogP contribution is -2.24. The second-order valence-corrected chi connectivity index (χ2v) is 4.66. The molecule has 0 aliphatic carbocycles. The number of phenolic OH excluding ortho intramolecular Hbond substituents is 3. The smallest absolute Gasteiger partial charge is 0.338 e. The molecule has 2 aromatic carbocycles. The number of ether oxygens (including phenoxy) is 1. The molecule has 23 heavy (non-hydrogen) atoms. The molecule has 0 saturated carbocycles. The van der Waals surface area contributed by atoms with Crippen LogP contribution in [0.1, 0.15) is 26.3 Å². The van der Waals surface area contributed by atoms with E-state index in [0.29, 0.717) is 5.56 Å². The highest BCUT2D eigenvalue weighted by Crippen LogP contribution is 2.39. The largest absolute Gasteiger partial charge is 0.504 e. The first-order chi connectivity index (χ1) is 11.0. The Labute approximate surface area is 131 Å². The molecule has 0 aliphatic heterocycles. The Morgan fingerprint density at radius 2 is 1.74 bits per heavy atom. The minimum Gasteiger partial charge on any atom is -0.504 e. The van der Waals surface area contributed by atoms with Crippen molar-refractivity contribution in [1.29, 1.82) is 0 Å². The van der Waals surface area contributed by atoms with Gasteiger partial charge in [0.05, 0.1) is 12.7 Å². The van der Waals surface area contributed by atoms with Crippen LogP contribution in [0.4, 0.5) is 0 Å². The number of hydrogen-bond donors (Lipinski definition) is 4. The number of amides is 1. The molecule has 0 fully saturated rings. The minimum absolute atomic E-state index is 0.0589. The lowest BCUT2D eigenvalue weighted by Gasteiger charge is -2.13. The molecule has 0 unspecified atom stereocenters. The number of nitrogens with one attached hydrogen (secondary N) is 1. The van der Waals surface area contributed by atoms with Crippen LogP contribution in [-0.2, 0) is 11.3 Å². The van der Waals surface area contributed by atoms with Gasteiger partial charge in [-0.1, -0.05) is 18.2 Å². The second kappa shape index (κ2) is 6.69. The lowest BCUT2D eigenvalue weighted by atomic mass is 10.0. The van der Waals surface area contributed by atoms with E-state index in [4.69, 9.17) is 0 Å². The number of benzene rings is 2. The quantitative estimate of drug-likeness (QED) is 0.502. The van der Waals surface area contributed by atoms with E-state index in [9.17, 15) is 24.9 Å². The van der Waals surface area contributed by atoms with Crippen molar-refractivity contribution < 1.29 is 29.6 Å². The third kappa shape index (κ3) is 3.34. The topological polar surface area (TPSA) is 116 Å². The molecular weight excluding hydrogens is 302 g/mol. The minimum atomic E-state index is -0.820. The summed E-state index contributed by atoms with van der Waals surface area (Å²) in [6.07, 6.45) is 0. The summed E-state index contributed by atoms with van der Waals surface area (Å²) in [6, 6.07) is 9.31. The number of carbonyl (C=O) groups is 2. The summed E-state index contributed by atoms with van der Waals surface area (Å²) >= 11 is 0. The first-order valence-electron chi connectivity index (χ1n) is 6.64. The Hall–Kier alpha value is -3.22. The van der Waals surface area contributed by atoms with E-state index in [1.54, 1.807) is 30.3 Å². The van der Waals surface area contributed by atoms with Crippen LogP contribution < -0.4 is 5.32 Å². The summed E-state index contributed by atoms with van der Waals surface area (Å²) in [6.45, 7) is -0.238. The fourth-order valence-electron chi connectivity index (χ4n) is 2.02. The van der Waals surface area contributed by atoms with Crippen molar-refractivity contribution in [3.8, 4) is 17.2 Å². The number of methoxy groups -OCH3 is 1. The van der Waals surface area contributed by atoms with Gasteiger partial charge < -0.3 is 25.4 Å². The summed E-state index contributed by atoms with van der Waals surface area (Å²) in [5.74, 6) is -3.38. The number of carbonyl (C=O) groups excluding carboxylic acids is 2. The van der Waals surface area contributed by atoms with Gasteiger partial charge in [-0.05, 0) is 18.2 Å². The average Bonchev–Trinajstić information content (AvgIpc) is 2.58. The van der Waals surface area contributed by atoms with Crippen LogP contribution in [-0.4, -0.2) is 34.3 Å². The van der Waals surface area contributed by atoms with E-state index in [0.717, 1.165) is 13.2 Å². The molecule has 0 spiro atoms. The van der Waals surface area contributed by atoms with Gasteiger partial charge in [-0.3, -0.25) is 4.79 Å². The molecule has 0 bridgehead atoms. The van der Waals surface area contributed by atoms with Crippen LogP contribution in [0.25, 0.3) is 0 Å². The van der Waals surface area contributed by atoms with Gasteiger partial charge in [-0.15, -0.1) is 0 Å². The molecule has 0 heterocycles. The Kier molecular flexibility index (Phi) is 4.70. The Bertz CT molecular complexity index is 742. The molecule has 120 valence electrons. The van der Waals surface area contributed by atoms with Crippen molar-refractivity contribution in [3.63, 3.8) is 0 Å². The molecule has 7 heteroatoms. The molecule has 0 radical (unpaired) electrons. The van der Waals surface area contributed by atoms with Crippen LogP contribution in [0.2, 0.25) is 0 Å². The predicted molar refractivity (Wildman–Crippen MR) is 80.4 cm³/mol. The maximum atomic E-state index is 12.0. The maximum absolute atomic E-state index is 12.0.